The van der Waals surface area contributed by atoms with Gasteiger partial charge in [-0.05, 0) is 26.2 Å². The van der Waals surface area contributed by atoms with Crippen LogP contribution in [0.1, 0.15) is 104 Å². The van der Waals surface area contributed by atoms with E-state index in [2.05, 4.69) is 12.2 Å². The number of carbonyl (C=O) groups excluding carboxylic acids is 1. The van der Waals surface area contributed by atoms with Gasteiger partial charge in [-0.3, -0.25) is 4.79 Å². The fourth-order valence-corrected chi connectivity index (χ4v) is 3.61. The maximum absolute atomic E-state index is 11.7. The summed E-state index contributed by atoms with van der Waals surface area (Å²) >= 11 is 0. The van der Waals surface area contributed by atoms with Crippen molar-refractivity contribution in [3.05, 3.63) is 0 Å². The molecule has 0 aliphatic carbocycles. The Balaban J connectivity index is 1.81. The lowest BCUT2D eigenvalue weighted by Crippen LogP contribution is -2.35. The molecule has 1 rings (SSSR count). The second kappa shape index (κ2) is 15.4. The molecule has 154 valence electrons. The summed E-state index contributed by atoms with van der Waals surface area (Å²) in [4.78, 5) is 11.7. The molecule has 0 radical (unpaired) electrons. The van der Waals surface area contributed by atoms with E-state index in [4.69, 9.17) is 9.47 Å². The molecule has 0 aromatic rings. The SMILES string of the molecule is CCCCCCCC[C@H]1O[C@H]1CCCCCCCC(=O)N[C@@H](C)COC. The molecule has 0 aromatic carbocycles. The van der Waals surface area contributed by atoms with E-state index in [9.17, 15) is 4.79 Å². The molecule has 26 heavy (non-hydrogen) atoms. The number of hydrogen-bond donors (Lipinski definition) is 1. The number of ether oxygens (including phenoxy) is 2. The Bertz CT molecular complexity index is 348. The summed E-state index contributed by atoms with van der Waals surface area (Å²) in [6, 6.07) is 0.107. The molecule has 0 bridgehead atoms. The van der Waals surface area contributed by atoms with Gasteiger partial charge in [-0.15, -0.1) is 0 Å². The zero-order chi connectivity index (χ0) is 19.0. The number of unbranched alkanes of at least 4 members (excludes halogenated alkanes) is 9. The van der Waals surface area contributed by atoms with Crippen molar-refractivity contribution in [2.75, 3.05) is 13.7 Å². The standard InChI is InChI=1S/C22H43NO3/c1-4-5-6-7-9-12-15-20-21(26-20)16-13-10-8-11-14-17-22(24)23-19(2)18-25-3/h19-21H,4-18H2,1-3H3,(H,23,24)/t19-,20+,21-/m0/s1. The molecule has 1 aliphatic rings. The van der Waals surface area contributed by atoms with Crippen LogP contribution < -0.4 is 5.32 Å². The predicted molar refractivity (Wildman–Crippen MR) is 108 cm³/mol. The van der Waals surface area contributed by atoms with Crippen LogP contribution in [0, 0.1) is 0 Å². The van der Waals surface area contributed by atoms with E-state index in [1.54, 1.807) is 7.11 Å². The quantitative estimate of drug-likeness (QED) is 0.260. The number of carbonyl (C=O) groups is 1. The van der Waals surface area contributed by atoms with Gasteiger partial charge in [0.05, 0.1) is 18.8 Å². The highest BCUT2D eigenvalue weighted by Crippen LogP contribution is 2.31. The first kappa shape index (κ1) is 23.4. The zero-order valence-corrected chi connectivity index (χ0v) is 17.6. The fraction of sp³-hybridized carbons (Fsp3) is 0.955. The normalized spacial score (nSPS) is 20.1. The molecule has 1 heterocycles. The van der Waals surface area contributed by atoms with Crippen molar-refractivity contribution in [1.82, 2.24) is 5.32 Å². The summed E-state index contributed by atoms with van der Waals surface area (Å²) in [7, 11) is 1.66. The smallest absolute Gasteiger partial charge is 0.220 e. The molecule has 0 aromatic heterocycles. The molecule has 4 heteroatoms. The largest absolute Gasteiger partial charge is 0.383 e. The third-order valence-corrected chi connectivity index (χ3v) is 5.25. The van der Waals surface area contributed by atoms with Crippen molar-refractivity contribution in [2.24, 2.45) is 0 Å². The Labute approximate surface area is 161 Å². The lowest BCUT2D eigenvalue weighted by molar-refractivity contribution is -0.122. The van der Waals surface area contributed by atoms with E-state index in [1.165, 1.54) is 70.6 Å². The Morgan fingerprint density at radius 1 is 0.923 bits per heavy atom. The molecular formula is C22H43NO3. The van der Waals surface area contributed by atoms with Gasteiger partial charge in [-0.25, -0.2) is 0 Å². The second-order valence-electron chi connectivity index (χ2n) is 8.00. The summed E-state index contributed by atoms with van der Waals surface area (Å²) in [5, 5.41) is 2.96. The third-order valence-electron chi connectivity index (χ3n) is 5.25. The molecule has 0 spiro atoms. The molecule has 0 unspecified atom stereocenters. The highest BCUT2D eigenvalue weighted by atomic mass is 16.6. The molecule has 1 aliphatic heterocycles. The van der Waals surface area contributed by atoms with Crippen LogP contribution >= 0.6 is 0 Å². The molecule has 1 amide bonds. The minimum Gasteiger partial charge on any atom is -0.383 e. The Morgan fingerprint density at radius 3 is 2.04 bits per heavy atom. The van der Waals surface area contributed by atoms with E-state index in [-0.39, 0.29) is 11.9 Å². The van der Waals surface area contributed by atoms with E-state index < -0.39 is 0 Å². The first-order valence-electron chi connectivity index (χ1n) is 11.1. The maximum Gasteiger partial charge on any atom is 0.220 e. The van der Waals surface area contributed by atoms with Crippen LogP contribution in [0.25, 0.3) is 0 Å². The summed E-state index contributed by atoms with van der Waals surface area (Å²) in [5.74, 6) is 0.151. The molecular weight excluding hydrogens is 326 g/mol. The van der Waals surface area contributed by atoms with E-state index in [1.807, 2.05) is 6.92 Å². The Kier molecular flexibility index (Phi) is 13.9. The van der Waals surface area contributed by atoms with Crippen LogP contribution in [0.15, 0.2) is 0 Å². The monoisotopic (exact) mass is 369 g/mol. The average molecular weight is 370 g/mol. The van der Waals surface area contributed by atoms with Crippen LogP contribution in [0.3, 0.4) is 0 Å². The van der Waals surface area contributed by atoms with E-state index in [0.29, 0.717) is 25.2 Å². The highest BCUT2D eigenvalue weighted by Gasteiger charge is 2.36. The molecule has 1 saturated heterocycles. The first-order chi connectivity index (χ1) is 12.7. The lowest BCUT2D eigenvalue weighted by atomic mass is 10.0. The third kappa shape index (κ3) is 12.7. The Morgan fingerprint density at radius 2 is 1.46 bits per heavy atom. The van der Waals surface area contributed by atoms with Gasteiger partial charge in [0.2, 0.25) is 5.91 Å². The molecule has 1 N–H and O–H groups in total. The van der Waals surface area contributed by atoms with Gasteiger partial charge in [0.1, 0.15) is 0 Å². The number of nitrogens with one attached hydrogen (secondary N) is 1. The van der Waals surface area contributed by atoms with Gasteiger partial charge in [-0.2, -0.15) is 0 Å². The summed E-state index contributed by atoms with van der Waals surface area (Å²) in [6.07, 6.45) is 18.4. The predicted octanol–water partition coefficient (Wildman–Crippen LogP) is 5.39. The maximum atomic E-state index is 11.7. The molecule has 1 fully saturated rings. The molecule has 0 saturated carbocycles. The van der Waals surface area contributed by atoms with Crippen LogP contribution in [0.4, 0.5) is 0 Å². The van der Waals surface area contributed by atoms with Gasteiger partial charge in [-0.1, -0.05) is 71.1 Å². The topological polar surface area (TPSA) is 50.9 Å². The Hall–Kier alpha value is -0.610. The lowest BCUT2D eigenvalue weighted by Gasteiger charge is -2.12. The molecule has 4 nitrogen and oxygen atoms in total. The van der Waals surface area contributed by atoms with Gasteiger partial charge in [0.25, 0.3) is 0 Å². The van der Waals surface area contributed by atoms with Gasteiger partial charge in [0.15, 0.2) is 0 Å². The number of rotatable bonds is 18. The van der Waals surface area contributed by atoms with Gasteiger partial charge < -0.3 is 14.8 Å². The first-order valence-corrected chi connectivity index (χ1v) is 11.1. The second-order valence-corrected chi connectivity index (χ2v) is 8.00. The summed E-state index contributed by atoms with van der Waals surface area (Å²) in [6.45, 7) is 4.82. The van der Waals surface area contributed by atoms with Crippen LogP contribution in [-0.2, 0) is 14.3 Å². The minimum absolute atomic E-state index is 0.107. The van der Waals surface area contributed by atoms with Crippen molar-refractivity contribution in [2.45, 2.75) is 122 Å². The summed E-state index contributed by atoms with van der Waals surface area (Å²) in [5.41, 5.74) is 0. The zero-order valence-electron chi connectivity index (χ0n) is 17.6. The number of epoxide rings is 1. The summed E-state index contributed by atoms with van der Waals surface area (Å²) < 4.78 is 10.8. The van der Waals surface area contributed by atoms with Crippen molar-refractivity contribution in [3.63, 3.8) is 0 Å². The van der Waals surface area contributed by atoms with Crippen LogP contribution in [-0.4, -0.2) is 37.9 Å². The van der Waals surface area contributed by atoms with Crippen molar-refractivity contribution in [3.8, 4) is 0 Å². The van der Waals surface area contributed by atoms with Crippen LogP contribution in [0.5, 0.6) is 0 Å². The number of methoxy groups -OCH3 is 1. The van der Waals surface area contributed by atoms with Crippen molar-refractivity contribution >= 4 is 5.91 Å². The number of hydrogen-bond acceptors (Lipinski definition) is 3. The van der Waals surface area contributed by atoms with Crippen molar-refractivity contribution in [1.29, 1.82) is 0 Å². The van der Waals surface area contributed by atoms with E-state index in [0.717, 1.165) is 12.8 Å². The molecule has 3 atom stereocenters. The average Bonchev–Trinajstić information content (AvgIpc) is 3.35. The van der Waals surface area contributed by atoms with Crippen LogP contribution in [0.2, 0.25) is 0 Å². The fourth-order valence-electron chi connectivity index (χ4n) is 3.61. The highest BCUT2D eigenvalue weighted by molar-refractivity contribution is 5.76. The van der Waals surface area contributed by atoms with Gasteiger partial charge in [0, 0.05) is 19.6 Å². The minimum atomic E-state index is 0.107. The van der Waals surface area contributed by atoms with Gasteiger partial charge >= 0.3 is 0 Å². The van der Waals surface area contributed by atoms with E-state index >= 15 is 0 Å². The van der Waals surface area contributed by atoms with Crippen molar-refractivity contribution < 1.29 is 14.3 Å². The number of amides is 1.